The van der Waals surface area contributed by atoms with E-state index < -0.39 is 26.6 Å². The molecular formula is C69H121N2O7P. The maximum Gasteiger partial charge on any atom is 0.306 e. The first-order valence-corrected chi connectivity index (χ1v) is 33.7. The predicted octanol–water partition coefficient (Wildman–Crippen LogP) is 19.5. The number of allylic oxidation sites excluding steroid dienone is 17. The third-order valence-corrected chi connectivity index (χ3v) is 14.6. The number of hydrogen-bond acceptors (Lipinski definition) is 7. The summed E-state index contributed by atoms with van der Waals surface area (Å²) in [6, 6.07) is -0.929. The van der Waals surface area contributed by atoms with E-state index in [1.165, 1.54) is 128 Å². The molecule has 3 atom stereocenters. The Bertz CT molecular complexity index is 1720. The van der Waals surface area contributed by atoms with Crippen LogP contribution in [0.4, 0.5) is 0 Å². The molecule has 0 saturated heterocycles. The van der Waals surface area contributed by atoms with Crippen LogP contribution in [0, 0.1) is 0 Å². The van der Waals surface area contributed by atoms with Gasteiger partial charge in [0.05, 0.1) is 33.8 Å². The van der Waals surface area contributed by atoms with E-state index in [0.29, 0.717) is 23.9 Å². The molecule has 0 radical (unpaired) electrons. The van der Waals surface area contributed by atoms with Crippen LogP contribution in [0.3, 0.4) is 0 Å². The molecule has 3 unspecified atom stereocenters. The summed E-state index contributed by atoms with van der Waals surface area (Å²) < 4.78 is 30.3. The van der Waals surface area contributed by atoms with Crippen LogP contribution in [0.1, 0.15) is 265 Å². The van der Waals surface area contributed by atoms with Crippen LogP contribution in [0.25, 0.3) is 0 Å². The Hall–Kier alpha value is -3.33. The van der Waals surface area contributed by atoms with Gasteiger partial charge >= 0.3 is 5.97 Å². The van der Waals surface area contributed by atoms with Gasteiger partial charge in [-0.05, 0) is 115 Å². The summed E-state index contributed by atoms with van der Waals surface area (Å²) in [7, 11) is 1.13. The van der Waals surface area contributed by atoms with Gasteiger partial charge in [-0.15, -0.1) is 0 Å². The lowest BCUT2D eigenvalue weighted by molar-refractivity contribution is -0.870. The fourth-order valence-electron chi connectivity index (χ4n) is 8.67. The molecule has 9 nitrogen and oxygen atoms in total. The van der Waals surface area contributed by atoms with Gasteiger partial charge in [-0.2, -0.15) is 0 Å². The van der Waals surface area contributed by atoms with Crippen molar-refractivity contribution >= 4 is 19.7 Å². The lowest BCUT2D eigenvalue weighted by Crippen LogP contribution is -2.47. The van der Waals surface area contributed by atoms with E-state index in [1.54, 1.807) is 0 Å². The smallest absolute Gasteiger partial charge is 0.306 e. The molecule has 0 saturated carbocycles. The number of nitrogens with zero attached hydrogens (tertiary/aromatic N) is 1. The van der Waals surface area contributed by atoms with Crippen molar-refractivity contribution in [3.05, 3.63) is 109 Å². The Morgan fingerprint density at radius 3 is 1.20 bits per heavy atom. The monoisotopic (exact) mass is 1120 g/mol. The molecule has 0 aromatic rings. The molecule has 0 aliphatic heterocycles. The summed E-state index contributed by atoms with van der Waals surface area (Å²) in [4.78, 5) is 40.0. The molecule has 0 aromatic carbocycles. The van der Waals surface area contributed by atoms with Crippen molar-refractivity contribution in [2.75, 3.05) is 40.9 Å². The van der Waals surface area contributed by atoms with Crippen LogP contribution in [-0.2, 0) is 27.9 Å². The number of amides is 1. The van der Waals surface area contributed by atoms with Gasteiger partial charge in [0.25, 0.3) is 7.82 Å². The largest absolute Gasteiger partial charge is 0.756 e. The van der Waals surface area contributed by atoms with Gasteiger partial charge in [-0.1, -0.05) is 246 Å². The minimum Gasteiger partial charge on any atom is -0.756 e. The minimum absolute atomic E-state index is 0.0395. The molecule has 10 heteroatoms. The number of ether oxygens (including phenoxy) is 1. The van der Waals surface area contributed by atoms with Gasteiger partial charge in [0.1, 0.15) is 19.3 Å². The fourth-order valence-corrected chi connectivity index (χ4v) is 9.40. The van der Waals surface area contributed by atoms with E-state index in [0.717, 1.165) is 89.9 Å². The molecule has 1 N–H and O–H groups in total. The first kappa shape index (κ1) is 75.7. The fraction of sp³-hybridized carbons (Fsp3) is 0.710. The van der Waals surface area contributed by atoms with E-state index in [4.69, 9.17) is 13.8 Å². The highest BCUT2D eigenvalue weighted by atomic mass is 31.2. The molecule has 454 valence electrons. The molecular weight excluding hydrogens is 1000 g/mol. The first-order chi connectivity index (χ1) is 38.4. The van der Waals surface area contributed by atoms with Gasteiger partial charge in [0.2, 0.25) is 5.91 Å². The number of phosphoric acid groups is 1. The zero-order valence-electron chi connectivity index (χ0n) is 51.8. The lowest BCUT2D eigenvalue weighted by atomic mass is 10.0. The second kappa shape index (κ2) is 57.9. The van der Waals surface area contributed by atoms with Gasteiger partial charge < -0.3 is 28.5 Å². The van der Waals surface area contributed by atoms with Gasteiger partial charge in [-0.25, -0.2) is 0 Å². The third kappa shape index (κ3) is 59.1. The van der Waals surface area contributed by atoms with E-state index in [2.05, 4.69) is 123 Å². The van der Waals surface area contributed by atoms with Crippen LogP contribution < -0.4 is 10.2 Å². The quantitative estimate of drug-likeness (QED) is 0.0212. The van der Waals surface area contributed by atoms with E-state index in [9.17, 15) is 19.0 Å². The van der Waals surface area contributed by atoms with Crippen molar-refractivity contribution in [1.82, 2.24) is 5.32 Å². The van der Waals surface area contributed by atoms with Crippen molar-refractivity contribution < 1.29 is 37.3 Å². The number of carbonyl (C=O) groups is 2. The molecule has 0 bridgehead atoms. The van der Waals surface area contributed by atoms with E-state index in [1.807, 2.05) is 33.3 Å². The average molecular weight is 1120 g/mol. The topological polar surface area (TPSA) is 114 Å². The molecule has 0 spiro atoms. The van der Waals surface area contributed by atoms with Crippen LogP contribution >= 0.6 is 7.82 Å². The van der Waals surface area contributed by atoms with Crippen molar-refractivity contribution in [2.24, 2.45) is 0 Å². The van der Waals surface area contributed by atoms with Crippen LogP contribution in [0.5, 0.6) is 0 Å². The Morgan fingerprint density at radius 1 is 0.443 bits per heavy atom. The molecule has 1 amide bonds. The van der Waals surface area contributed by atoms with Gasteiger partial charge in [-0.3, -0.25) is 14.2 Å². The molecule has 79 heavy (non-hydrogen) atoms. The number of unbranched alkanes of at least 4 members (excludes halogenated alkanes) is 25. The second-order valence-electron chi connectivity index (χ2n) is 22.6. The Morgan fingerprint density at radius 2 is 0.785 bits per heavy atom. The molecule has 0 fully saturated rings. The predicted molar refractivity (Wildman–Crippen MR) is 339 cm³/mol. The Labute approximate surface area is 487 Å². The van der Waals surface area contributed by atoms with Crippen molar-refractivity contribution in [3.63, 3.8) is 0 Å². The molecule has 0 heterocycles. The number of phosphoric ester groups is 1. The van der Waals surface area contributed by atoms with Crippen molar-refractivity contribution in [2.45, 2.75) is 277 Å². The summed E-state index contributed by atoms with van der Waals surface area (Å²) in [5.74, 6) is -0.622. The van der Waals surface area contributed by atoms with Crippen molar-refractivity contribution in [1.29, 1.82) is 0 Å². The van der Waals surface area contributed by atoms with Gasteiger partial charge in [0.15, 0.2) is 0 Å². The molecule has 0 aliphatic carbocycles. The number of likely N-dealkylation sites (N-methyl/N-ethyl adjacent to an activating group) is 1. The first-order valence-electron chi connectivity index (χ1n) is 32.2. The zero-order valence-corrected chi connectivity index (χ0v) is 52.7. The highest BCUT2D eigenvalue weighted by Crippen LogP contribution is 2.38. The highest BCUT2D eigenvalue weighted by molar-refractivity contribution is 7.45. The van der Waals surface area contributed by atoms with Crippen molar-refractivity contribution in [3.8, 4) is 0 Å². The zero-order chi connectivity index (χ0) is 57.9. The Balaban J connectivity index is 5.34. The lowest BCUT2D eigenvalue weighted by Gasteiger charge is -2.30. The van der Waals surface area contributed by atoms with E-state index >= 15 is 0 Å². The Kier molecular flexibility index (Phi) is 55.4. The minimum atomic E-state index is -4.72. The number of hydrogen-bond donors (Lipinski definition) is 1. The maximum atomic E-state index is 13.5. The van der Waals surface area contributed by atoms with Crippen LogP contribution in [-0.4, -0.2) is 69.4 Å². The van der Waals surface area contributed by atoms with Crippen LogP contribution in [0.2, 0.25) is 0 Å². The third-order valence-electron chi connectivity index (χ3n) is 13.7. The molecule has 0 aromatic heterocycles. The maximum absolute atomic E-state index is 13.5. The summed E-state index contributed by atoms with van der Waals surface area (Å²) in [6.07, 6.45) is 79.2. The highest BCUT2D eigenvalue weighted by Gasteiger charge is 2.27. The number of nitrogens with one attached hydrogen (secondary N) is 1. The summed E-state index contributed by atoms with van der Waals surface area (Å²) >= 11 is 0. The van der Waals surface area contributed by atoms with E-state index in [-0.39, 0.29) is 31.3 Å². The SMILES string of the molecule is CCCCC/C=C\C/C=C\C/C=C\C/C=C\CCCCCCCCCC(=O)OC(/C=C\CCCCCCCCCCCCC)C(COP(=O)([O-])OCC[N+](C)(C)C)NC(=O)CCC/C=C\C/C=C\C/C=C\C/C=C\CCCCC. The number of quaternary nitrogens is 1. The van der Waals surface area contributed by atoms with Crippen LogP contribution in [0.15, 0.2) is 109 Å². The summed E-state index contributed by atoms with van der Waals surface area (Å²) in [5, 5.41) is 2.99. The molecule has 0 rings (SSSR count). The standard InChI is InChI=1S/C69H121N2O7P/c1-7-10-13-16-19-22-25-28-30-32-33-34-35-36-37-39-41-44-47-50-53-56-59-62-69(73)78-67(60-57-54-51-48-45-42-27-24-21-18-15-12-9-3)66(65-77-79(74,75)76-64-63-71(4,5)6)70-68(72)61-58-55-52-49-46-43-40-38-31-29-26-23-20-17-14-11-8-2/h19-20,22-23,28-31,33-34,36-37,40,43,49,52,57,60,66-67H,7-18,21,24-27,32,35,38-39,41-42,44-48,50-51,53-56,58-59,61-65H2,1-6H3,(H-,70,72,74,75)/b22-19-,23-20-,30-28-,31-29-,34-33-,37-36-,43-40-,52-49-,60-57-. The summed E-state index contributed by atoms with van der Waals surface area (Å²) in [5.41, 5.74) is 0. The summed E-state index contributed by atoms with van der Waals surface area (Å²) in [6.45, 7) is 6.73. The number of esters is 1. The molecule has 0 aliphatic rings. The number of carbonyl (C=O) groups excluding carboxylic acids is 2. The van der Waals surface area contributed by atoms with Gasteiger partial charge in [0, 0.05) is 12.8 Å². The normalized spacial score (nSPS) is 14.4. The number of rotatable bonds is 57. The average Bonchev–Trinajstić information content (AvgIpc) is 3.41. The second-order valence-corrected chi connectivity index (χ2v) is 24.0.